The Bertz CT molecular complexity index is 1640. The van der Waals surface area contributed by atoms with Crippen LogP contribution in [0.2, 0.25) is 0 Å². The number of H-pyrrole nitrogens is 1. The topological polar surface area (TPSA) is 98.7 Å². The van der Waals surface area contributed by atoms with Crippen LogP contribution in [0.25, 0.3) is 39.5 Å². The predicted molar refractivity (Wildman–Crippen MR) is 120 cm³/mol. The van der Waals surface area contributed by atoms with Crippen molar-refractivity contribution >= 4 is 16.7 Å². The van der Waals surface area contributed by atoms with Crippen LogP contribution in [0.4, 0.5) is 0 Å². The summed E-state index contributed by atoms with van der Waals surface area (Å²) in [6.45, 7) is 0.560. The number of aromatic amines is 1. The fourth-order valence-electron chi connectivity index (χ4n) is 3.94. The number of imidazole rings is 1. The van der Waals surface area contributed by atoms with Gasteiger partial charge in [-0.25, -0.2) is 4.98 Å². The summed E-state index contributed by atoms with van der Waals surface area (Å²) >= 11 is 0. The Morgan fingerprint density at radius 3 is 2.59 bits per heavy atom. The Hall–Kier alpha value is -4.53. The Morgan fingerprint density at radius 1 is 0.969 bits per heavy atom. The van der Waals surface area contributed by atoms with Gasteiger partial charge in [-0.3, -0.25) is 14.6 Å². The van der Waals surface area contributed by atoms with Crippen molar-refractivity contribution in [2.24, 2.45) is 7.05 Å². The number of aromatic nitrogens is 8. The molecule has 156 valence electrons. The lowest BCUT2D eigenvalue weighted by molar-refractivity contribution is 0.771. The van der Waals surface area contributed by atoms with Crippen molar-refractivity contribution in [1.29, 1.82) is 0 Å². The normalized spacial score (nSPS) is 11.5. The highest BCUT2D eigenvalue weighted by molar-refractivity contribution is 5.80. The van der Waals surface area contributed by atoms with Crippen molar-refractivity contribution in [3.63, 3.8) is 0 Å². The number of rotatable bonds is 4. The van der Waals surface area contributed by atoms with Crippen molar-refractivity contribution in [2.45, 2.75) is 6.54 Å². The van der Waals surface area contributed by atoms with Gasteiger partial charge in [0, 0.05) is 26.0 Å². The minimum Gasteiger partial charge on any atom is -0.318 e. The van der Waals surface area contributed by atoms with E-state index in [1.807, 2.05) is 78.5 Å². The van der Waals surface area contributed by atoms with Gasteiger partial charge in [-0.2, -0.15) is 9.61 Å². The fourth-order valence-corrected chi connectivity index (χ4v) is 3.94. The van der Waals surface area contributed by atoms with Crippen LogP contribution in [0.15, 0.2) is 77.9 Å². The van der Waals surface area contributed by atoms with Crippen molar-refractivity contribution in [3.05, 3.63) is 89.0 Å². The minimum absolute atomic E-state index is 0.184. The molecule has 0 unspecified atom stereocenters. The predicted octanol–water partition coefficient (Wildman–Crippen LogP) is 2.88. The maximum Gasteiger partial charge on any atom is 0.302 e. The lowest BCUT2D eigenvalue weighted by Gasteiger charge is -2.09. The summed E-state index contributed by atoms with van der Waals surface area (Å²) in [7, 11) is 1.84. The molecule has 9 nitrogen and oxygen atoms in total. The fraction of sp³-hybridized carbons (Fsp3) is 0.0870. The van der Waals surface area contributed by atoms with Gasteiger partial charge >= 0.3 is 5.56 Å². The summed E-state index contributed by atoms with van der Waals surface area (Å²) in [5.74, 6) is 0.482. The number of hydrogen-bond acceptors (Lipinski definition) is 5. The zero-order valence-electron chi connectivity index (χ0n) is 17.2. The summed E-state index contributed by atoms with van der Waals surface area (Å²) in [6, 6.07) is 19.7. The van der Waals surface area contributed by atoms with Gasteiger partial charge in [0.05, 0.1) is 22.3 Å². The first-order chi connectivity index (χ1) is 15.7. The molecule has 0 spiro atoms. The molecule has 0 radical (unpaired) electrons. The van der Waals surface area contributed by atoms with E-state index >= 15 is 0 Å². The molecule has 0 aliphatic rings. The maximum absolute atomic E-state index is 13.4. The highest BCUT2D eigenvalue weighted by atomic mass is 16.1. The number of nitrogens with zero attached hydrogens (tertiary/aromatic N) is 7. The smallest absolute Gasteiger partial charge is 0.302 e. The Balaban J connectivity index is 1.54. The summed E-state index contributed by atoms with van der Waals surface area (Å²) in [5.41, 5.74) is 4.53. The van der Waals surface area contributed by atoms with Crippen LogP contribution in [0.3, 0.4) is 0 Å². The lowest BCUT2D eigenvalue weighted by atomic mass is 10.2. The highest BCUT2D eigenvalue weighted by Crippen LogP contribution is 2.24. The molecule has 0 saturated heterocycles. The van der Waals surface area contributed by atoms with Crippen LogP contribution in [0.5, 0.6) is 0 Å². The molecule has 6 rings (SSSR count). The summed E-state index contributed by atoms with van der Waals surface area (Å²) < 4.78 is 5.09. The second kappa shape index (κ2) is 7.02. The van der Waals surface area contributed by atoms with Crippen LogP contribution in [-0.4, -0.2) is 39.1 Å². The summed E-state index contributed by atoms with van der Waals surface area (Å²) in [6.07, 6.45) is 3.55. The zero-order chi connectivity index (χ0) is 21.7. The molecule has 2 aromatic carbocycles. The average Bonchev–Trinajstić information content (AvgIpc) is 3.52. The van der Waals surface area contributed by atoms with Gasteiger partial charge in [-0.05, 0) is 23.8 Å². The number of para-hydroxylation sites is 2. The van der Waals surface area contributed by atoms with Gasteiger partial charge in [0.15, 0.2) is 17.2 Å². The Morgan fingerprint density at radius 2 is 1.78 bits per heavy atom. The van der Waals surface area contributed by atoms with Gasteiger partial charge in [0.2, 0.25) is 0 Å². The molecule has 32 heavy (non-hydrogen) atoms. The van der Waals surface area contributed by atoms with E-state index in [4.69, 9.17) is 4.98 Å². The highest BCUT2D eigenvalue weighted by Gasteiger charge is 2.21. The molecule has 0 bridgehead atoms. The number of nitrogens with one attached hydrogen (secondary N) is 1. The quantitative estimate of drug-likeness (QED) is 0.471. The Kier molecular flexibility index (Phi) is 4.00. The number of benzene rings is 2. The van der Waals surface area contributed by atoms with Crippen LogP contribution in [0, 0.1) is 0 Å². The molecule has 0 aliphatic heterocycles. The third-order valence-corrected chi connectivity index (χ3v) is 5.48. The van der Waals surface area contributed by atoms with E-state index < -0.39 is 0 Å². The molecule has 1 N–H and O–H groups in total. The summed E-state index contributed by atoms with van der Waals surface area (Å²) in [5, 5.41) is 16.1. The van der Waals surface area contributed by atoms with Crippen molar-refractivity contribution in [3.8, 4) is 22.8 Å². The van der Waals surface area contributed by atoms with Crippen LogP contribution < -0.4 is 5.56 Å². The monoisotopic (exact) mass is 422 g/mol. The van der Waals surface area contributed by atoms with Crippen molar-refractivity contribution in [2.75, 3.05) is 0 Å². The molecule has 0 saturated carbocycles. The van der Waals surface area contributed by atoms with Crippen LogP contribution >= 0.6 is 0 Å². The number of fused-ring (bicyclic) bond motifs is 2. The van der Waals surface area contributed by atoms with Crippen LogP contribution in [-0.2, 0) is 13.6 Å². The first-order valence-corrected chi connectivity index (χ1v) is 10.2. The van der Waals surface area contributed by atoms with Crippen LogP contribution in [0.1, 0.15) is 5.56 Å². The molecule has 0 amide bonds. The first-order valence-electron chi connectivity index (χ1n) is 10.2. The molecule has 4 aromatic heterocycles. The second-order valence-corrected chi connectivity index (χ2v) is 7.57. The molecule has 9 heteroatoms. The van der Waals surface area contributed by atoms with Crippen molar-refractivity contribution in [1.82, 2.24) is 39.1 Å². The maximum atomic E-state index is 13.4. The Labute approximate surface area is 181 Å². The van der Waals surface area contributed by atoms with Gasteiger partial charge in [0.1, 0.15) is 0 Å². The summed E-state index contributed by atoms with van der Waals surface area (Å²) in [4.78, 5) is 18.1. The van der Waals surface area contributed by atoms with Gasteiger partial charge in [0.25, 0.3) is 0 Å². The largest absolute Gasteiger partial charge is 0.318 e. The van der Waals surface area contributed by atoms with Gasteiger partial charge in [-0.1, -0.05) is 42.5 Å². The van der Waals surface area contributed by atoms with E-state index in [9.17, 15) is 4.79 Å². The lowest BCUT2D eigenvalue weighted by Crippen LogP contribution is -2.21. The third-order valence-electron chi connectivity index (χ3n) is 5.48. The SMILES string of the molecule is Cn1ccc(-c2c[nH]n3c(=O)c(-c4nc5ccccc5n4Cc4ccccc4)nnc23)n1. The zero-order valence-corrected chi connectivity index (χ0v) is 17.2. The number of aryl methyl sites for hydroxylation is 1. The van der Waals surface area contributed by atoms with E-state index in [0.29, 0.717) is 29.3 Å². The average molecular weight is 422 g/mol. The molecular weight excluding hydrogens is 404 g/mol. The van der Waals surface area contributed by atoms with E-state index in [-0.39, 0.29) is 11.3 Å². The molecule has 0 fully saturated rings. The van der Waals surface area contributed by atoms with E-state index in [1.54, 1.807) is 10.9 Å². The number of hydrogen-bond donors (Lipinski definition) is 1. The first kappa shape index (κ1) is 18.3. The van der Waals surface area contributed by atoms with E-state index in [0.717, 1.165) is 16.6 Å². The molecule has 0 atom stereocenters. The molecule has 6 aromatic rings. The van der Waals surface area contributed by atoms with E-state index in [2.05, 4.69) is 20.4 Å². The van der Waals surface area contributed by atoms with E-state index in [1.165, 1.54) is 4.52 Å². The van der Waals surface area contributed by atoms with Gasteiger partial charge < -0.3 is 4.57 Å². The van der Waals surface area contributed by atoms with Gasteiger partial charge in [-0.15, -0.1) is 10.2 Å². The third kappa shape index (κ3) is 2.83. The molecule has 4 heterocycles. The van der Waals surface area contributed by atoms with Crippen molar-refractivity contribution < 1.29 is 0 Å². The molecular formula is C23H18N8O. The minimum atomic E-state index is -0.318. The molecule has 0 aliphatic carbocycles. The standard InChI is InChI=1S/C23H18N8O/c1-29-12-11-17(28-29)16-13-24-31-21(16)27-26-20(23(31)32)22-25-18-9-5-6-10-19(18)30(22)14-15-7-3-2-4-8-15/h2-13,24H,14H2,1H3. The second-order valence-electron chi connectivity index (χ2n) is 7.57.